The summed E-state index contributed by atoms with van der Waals surface area (Å²) in [4.78, 5) is 0. The zero-order valence-electron chi connectivity index (χ0n) is 10.5. The summed E-state index contributed by atoms with van der Waals surface area (Å²) in [7, 11) is 0. The summed E-state index contributed by atoms with van der Waals surface area (Å²) in [5, 5.41) is 12.8. The Morgan fingerprint density at radius 3 is 2.29 bits per heavy atom. The van der Waals surface area contributed by atoms with Crippen molar-refractivity contribution in [3.05, 3.63) is 54.4 Å². The molecule has 0 unspecified atom stereocenters. The van der Waals surface area contributed by atoms with Crippen LogP contribution in [0.15, 0.2) is 42.5 Å². The summed E-state index contributed by atoms with van der Waals surface area (Å²) >= 11 is 0. The highest BCUT2D eigenvalue weighted by Crippen LogP contribution is 2.25. The van der Waals surface area contributed by atoms with Gasteiger partial charge in [0.1, 0.15) is 0 Å². The van der Waals surface area contributed by atoms with E-state index >= 15 is 0 Å². The highest BCUT2D eigenvalue weighted by Gasteiger charge is 2.22. The average molecular weight is 227 g/mol. The molecular weight excluding hydrogens is 208 g/mol. The molecule has 0 bridgehead atoms. The number of fused-ring (bicyclic) bond motifs is 1. The third-order valence-corrected chi connectivity index (χ3v) is 3.43. The molecule has 1 nitrogen and oxygen atoms in total. The first kappa shape index (κ1) is 12.1. The maximum absolute atomic E-state index is 10.3. The van der Waals surface area contributed by atoms with Crippen molar-refractivity contribution in [3.8, 4) is 0 Å². The molecule has 0 aromatic heterocycles. The number of rotatable bonds is 4. The summed E-state index contributed by atoms with van der Waals surface area (Å²) in [6.45, 7) is 4.03. The lowest BCUT2D eigenvalue weighted by molar-refractivity contribution is 0.0691. The van der Waals surface area contributed by atoms with Crippen molar-refractivity contribution in [2.75, 3.05) is 0 Å². The molecule has 0 amide bonds. The van der Waals surface area contributed by atoms with Gasteiger partial charge in [0, 0.05) is 6.42 Å². The van der Waals surface area contributed by atoms with Gasteiger partial charge in [-0.2, -0.15) is 0 Å². The number of aliphatic hydroxyl groups is 1. The Morgan fingerprint density at radius 2 is 1.65 bits per heavy atom. The fourth-order valence-corrected chi connectivity index (χ4v) is 2.06. The van der Waals surface area contributed by atoms with Crippen LogP contribution in [0, 0.1) is 6.42 Å². The number of hydrogen-bond donors (Lipinski definition) is 1. The van der Waals surface area contributed by atoms with Gasteiger partial charge in [-0.15, -0.1) is 0 Å². The molecule has 1 N–H and O–H groups in total. The largest absolute Gasteiger partial charge is 0.389 e. The predicted molar refractivity (Wildman–Crippen MR) is 72.9 cm³/mol. The topological polar surface area (TPSA) is 20.2 Å². The van der Waals surface area contributed by atoms with Crippen molar-refractivity contribution in [3.63, 3.8) is 0 Å². The monoisotopic (exact) mass is 227 g/mol. The Balaban J connectivity index is 2.31. The summed E-state index contributed by atoms with van der Waals surface area (Å²) in [6, 6.07) is 14.6. The zero-order chi connectivity index (χ0) is 12.3. The van der Waals surface area contributed by atoms with Gasteiger partial charge in [0.15, 0.2) is 0 Å². The van der Waals surface area contributed by atoms with Crippen molar-refractivity contribution in [2.45, 2.75) is 32.3 Å². The first-order valence-corrected chi connectivity index (χ1v) is 6.24. The Labute approximate surface area is 103 Å². The van der Waals surface area contributed by atoms with Crippen molar-refractivity contribution >= 4 is 10.8 Å². The number of hydrogen-bond acceptors (Lipinski definition) is 1. The Bertz CT molecular complexity index is 498. The molecule has 2 rings (SSSR count). The van der Waals surface area contributed by atoms with Crippen LogP contribution in [0.3, 0.4) is 0 Å². The van der Waals surface area contributed by atoms with Crippen LogP contribution in [0.4, 0.5) is 0 Å². The fraction of sp³-hybridized carbons (Fsp3) is 0.312. The highest BCUT2D eigenvalue weighted by atomic mass is 16.3. The van der Waals surface area contributed by atoms with Gasteiger partial charge < -0.3 is 5.11 Å². The molecule has 0 aliphatic rings. The average Bonchev–Trinajstić information content (AvgIpc) is 2.38. The van der Waals surface area contributed by atoms with Crippen molar-refractivity contribution in [1.29, 1.82) is 0 Å². The molecule has 0 saturated heterocycles. The van der Waals surface area contributed by atoms with Gasteiger partial charge in [0.05, 0.1) is 5.60 Å². The molecule has 0 aliphatic carbocycles. The molecule has 0 fully saturated rings. The van der Waals surface area contributed by atoms with Gasteiger partial charge in [-0.3, -0.25) is 0 Å². The second-order valence-electron chi connectivity index (χ2n) is 4.56. The smallest absolute Gasteiger partial charge is 0.0717 e. The van der Waals surface area contributed by atoms with Crippen LogP contribution in [0.1, 0.15) is 32.3 Å². The van der Waals surface area contributed by atoms with E-state index in [9.17, 15) is 5.11 Å². The lowest BCUT2D eigenvalue weighted by Crippen LogP contribution is -2.27. The first-order valence-electron chi connectivity index (χ1n) is 6.24. The summed E-state index contributed by atoms with van der Waals surface area (Å²) < 4.78 is 0. The van der Waals surface area contributed by atoms with E-state index in [4.69, 9.17) is 0 Å². The maximum atomic E-state index is 10.3. The molecule has 0 heterocycles. The van der Waals surface area contributed by atoms with Gasteiger partial charge in [0.2, 0.25) is 0 Å². The van der Waals surface area contributed by atoms with Crippen LogP contribution in [-0.2, 0) is 0 Å². The summed E-state index contributed by atoms with van der Waals surface area (Å²) in [5.74, 6) is 0. The molecule has 0 aliphatic heterocycles. The first-order chi connectivity index (χ1) is 8.17. The molecule has 17 heavy (non-hydrogen) atoms. The molecule has 1 heteroatoms. The quantitative estimate of drug-likeness (QED) is 0.838. The summed E-state index contributed by atoms with van der Waals surface area (Å²) in [6.07, 6.45) is 3.46. The van der Waals surface area contributed by atoms with Gasteiger partial charge in [-0.1, -0.05) is 56.3 Å². The van der Waals surface area contributed by atoms with E-state index in [2.05, 4.69) is 30.3 Å². The fourth-order valence-electron chi connectivity index (χ4n) is 2.06. The molecule has 0 atom stereocenters. The second kappa shape index (κ2) is 4.89. The lowest BCUT2D eigenvalue weighted by Gasteiger charge is -2.24. The minimum Gasteiger partial charge on any atom is -0.389 e. The minimum atomic E-state index is -0.678. The summed E-state index contributed by atoms with van der Waals surface area (Å²) in [5.41, 5.74) is 0.414. The molecule has 1 radical (unpaired) electrons. The molecule has 0 spiro atoms. The van der Waals surface area contributed by atoms with E-state index in [1.807, 2.05) is 32.4 Å². The minimum absolute atomic E-state index is 0.678. The lowest BCUT2D eigenvalue weighted by atomic mass is 9.89. The van der Waals surface area contributed by atoms with Crippen molar-refractivity contribution in [2.24, 2.45) is 0 Å². The van der Waals surface area contributed by atoms with E-state index < -0.39 is 5.60 Å². The van der Waals surface area contributed by atoms with E-state index in [1.165, 1.54) is 10.8 Å². The highest BCUT2D eigenvalue weighted by molar-refractivity contribution is 5.83. The molecular formula is C16H19O. The van der Waals surface area contributed by atoms with E-state index in [-0.39, 0.29) is 0 Å². The maximum Gasteiger partial charge on any atom is 0.0717 e. The van der Waals surface area contributed by atoms with E-state index in [1.54, 1.807) is 0 Å². The Kier molecular flexibility index (Phi) is 3.49. The predicted octanol–water partition coefficient (Wildman–Crippen LogP) is 3.94. The van der Waals surface area contributed by atoms with Gasteiger partial charge in [0.25, 0.3) is 0 Å². The standard InChI is InChI=1S/C16H19O/c1-3-16(17,4-2)12-13-9-10-14-7-5-6-8-15(14)11-13/h5-12,17H,3-4H2,1-2H3. The molecule has 89 valence electrons. The van der Waals surface area contributed by atoms with Crippen LogP contribution in [-0.4, -0.2) is 10.7 Å². The third-order valence-electron chi connectivity index (χ3n) is 3.43. The zero-order valence-corrected chi connectivity index (χ0v) is 10.5. The van der Waals surface area contributed by atoms with Gasteiger partial charge >= 0.3 is 0 Å². The van der Waals surface area contributed by atoms with Crippen molar-refractivity contribution < 1.29 is 5.11 Å². The van der Waals surface area contributed by atoms with E-state index in [0.29, 0.717) is 0 Å². The second-order valence-corrected chi connectivity index (χ2v) is 4.56. The normalized spacial score (nSPS) is 11.9. The Morgan fingerprint density at radius 1 is 1.00 bits per heavy atom. The van der Waals surface area contributed by atoms with Crippen LogP contribution in [0.5, 0.6) is 0 Å². The molecule has 2 aromatic carbocycles. The van der Waals surface area contributed by atoms with E-state index in [0.717, 1.165) is 18.4 Å². The number of benzene rings is 2. The Hall–Kier alpha value is -1.34. The SMILES string of the molecule is CCC(O)([CH]c1ccc2ccccc2c1)CC. The van der Waals surface area contributed by atoms with Crippen molar-refractivity contribution in [1.82, 2.24) is 0 Å². The molecule has 0 saturated carbocycles. The third kappa shape index (κ3) is 2.67. The molecule has 2 aromatic rings. The van der Waals surface area contributed by atoms with Gasteiger partial charge in [-0.25, -0.2) is 0 Å². The van der Waals surface area contributed by atoms with Crippen LogP contribution in [0.25, 0.3) is 10.8 Å². The van der Waals surface area contributed by atoms with Gasteiger partial charge in [-0.05, 0) is 29.2 Å². The van der Waals surface area contributed by atoms with Crippen LogP contribution in [0.2, 0.25) is 0 Å². The van der Waals surface area contributed by atoms with Crippen LogP contribution < -0.4 is 0 Å². The van der Waals surface area contributed by atoms with Crippen LogP contribution >= 0.6 is 0 Å².